The van der Waals surface area contributed by atoms with Gasteiger partial charge >= 0.3 is 0 Å². The number of hydrogen-bond donors (Lipinski definition) is 0. The average molecular weight is 756 g/mol. The standard InChI is InChI=1S/C49H31NOS.C3H8.C2H6/c1-4-14-39-33(11-1)36-28-37-34-12-2-7-17-43(34)50(32-24-21-30(22-25-32)31-23-26-48-38(27-31)35-13-3-10-20-47(35)52-48)44(37)29-42(36)49(39)40-15-5-8-18-45(40)51-46-19-9-6-16-41(46)49;1-3-2;1-2/h1-21,23-24,26-29H,22,25H2;3H2,1-2H3;1-2H3. The van der Waals surface area contributed by atoms with E-state index in [0.29, 0.717) is 0 Å². The zero-order chi connectivity index (χ0) is 38.7. The summed E-state index contributed by atoms with van der Waals surface area (Å²) in [4.78, 5) is 0. The molecule has 1 spiro atoms. The predicted molar refractivity (Wildman–Crippen MR) is 245 cm³/mol. The number of allylic oxidation sites excluding steroid dienone is 4. The number of para-hydroxylation sites is 3. The second-order valence-electron chi connectivity index (χ2n) is 15.0. The molecule has 12 rings (SSSR count). The first-order valence-electron chi connectivity index (χ1n) is 20.5. The van der Waals surface area contributed by atoms with Crippen LogP contribution in [0, 0.1) is 0 Å². The Morgan fingerprint density at radius 2 is 1.16 bits per heavy atom. The fourth-order valence-corrected chi connectivity index (χ4v) is 10.7. The Kier molecular flexibility index (Phi) is 8.72. The van der Waals surface area contributed by atoms with Crippen molar-refractivity contribution in [3.05, 3.63) is 192 Å². The Morgan fingerprint density at radius 1 is 0.526 bits per heavy atom. The summed E-state index contributed by atoms with van der Waals surface area (Å²) in [6, 6.07) is 56.0. The molecule has 2 aromatic heterocycles. The van der Waals surface area contributed by atoms with Gasteiger partial charge in [0.2, 0.25) is 0 Å². The Hall–Kier alpha value is -6.16. The van der Waals surface area contributed by atoms with Crippen LogP contribution < -0.4 is 4.74 Å². The van der Waals surface area contributed by atoms with Gasteiger partial charge in [0.1, 0.15) is 11.5 Å². The molecule has 57 heavy (non-hydrogen) atoms. The molecule has 2 aliphatic carbocycles. The van der Waals surface area contributed by atoms with Gasteiger partial charge in [-0.05, 0) is 101 Å². The summed E-state index contributed by atoms with van der Waals surface area (Å²) in [6.07, 6.45) is 7.94. The number of benzene rings is 7. The summed E-state index contributed by atoms with van der Waals surface area (Å²) in [5.74, 6) is 1.84. The van der Waals surface area contributed by atoms with Crippen molar-refractivity contribution < 1.29 is 4.74 Å². The predicted octanol–water partition coefficient (Wildman–Crippen LogP) is 15.8. The van der Waals surface area contributed by atoms with Crippen LogP contribution in [0.4, 0.5) is 0 Å². The number of ether oxygens (including phenoxy) is 1. The molecule has 0 unspecified atom stereocenters. The van der Waals surface area contributed by atoms with E-state index in [2.05, 4.69) is 182 Å². The Bertz CT molecular complexity index is 3030. The fourth-order valence-electron chi connectivity index (χ4n) is 9.60. The Balaban J connectivity index is 0.000000759. The van der Waals surface area contributed by atoms with E-state index in [9.17, 15) is 0 Å². The third-order valence-electron chi connectivity index (χ3n) is 11.8. The minimum absolute atomic E-state index is 0.495. The molecular weight excluding hydrogens is 711 g/mol. The molecule has 278 valence electrons. The van der Waals surface area contributed by atoms with E-state index in [1.807, 2.05) is 25.2 Å². The molecule has 3 aliphatic rings. The summed E-state index contributed by atoms with van der Waals surface area (Å²) >= 11 is 1.88. The normalized spacial score (nSPS) is 14.4. The van der Waals surface area contributed by atoms with Crippen molar-refractivity contribution in [2.24, 2.45) is 0 Å². The van der Waals surface area contributed by atoms with Crippen LogP contribution in [0.15, 0.2) is 164 Å². The Morgan fingerprint density at radius 3 is 1.89 bits per heavy atom. The lowest BCUT2D eigenvalue weighted by atomic mass is 9.66. The third kappa shape index (κ3) is 5.22. The van der Waals surface area contributed by atoms with Gasteiger partial charge < -0.3 is 9.30 Å². The third-order valence-corrected chi connectivity index (χ3v) is 13.0. The van der Waals surface area contributed by atoms with E-state index in [1.165, 1.54) is 98.6 Å². The van der Waals surface area contributed by atoms with Gasteiger partial charge in [-0.3, -0.25) is 0 Å². The first-order chi connectivity index (χ1) is 28.2. The zero-order valence-electron chi connectivity index (χ0n) is 33.0. The van der Waals surface area contributed by atoms with Crippen molar-refractivity contribution in [3.63, 3.8) is 0 Å². The lowest BCUT2D eigenvalue weighted by Gasteiger charge is -2.39. The van der Waals surface area contributed by atoms with Gasteiger partial charge in [0.15, 0.2) is 0 Å². The molecule has 0 radical (unpaired) electrons. The lowest BCUT2D eigenvalue weighted by molar-refractivity contribution is 0.436. The highest BCUT2D eigenvalue weighted by Crippen LogP contribution is 2.62. The molecule has 0 saturated carbocycles. The molecule has 9 aromatic rings. The van der Waals surface area contributed by atoms with Crippen LogP contribution in [-0.2, 0) is 5.41 Å². The van der Waals surface area contributed by atoms with Crippen molar-refractivity contribution in [2.75, 3.05) is 0 Å². The van der Waals surface area contributed by atoms with Crippen LogP contribution in [0.1, 0.15) is 74.8 Å². The molecule has 0 atom stereocenters. The average Bonchev–Trinajstić information content (AvgIpc) is 3.90. The van der Waals surface area contributed by atoms with Gasteiger partial charge in [-0.25, -0.2) is 0 Å². The molecular formula is C54H45NOS. The number of nitrogens with zero attached hydrogens (tertiary/aromatic N) is 1. The number of rotatable bonds is 2. The SMILES string of the molecule is C1=C(c2ccc3sc4ccccc4c3c2)CCC(n2c3ccccc3c3cc4c(cc32)C2(c3ccccc3Oc3ccccc32)c2ccccc2-4)=C1.CC.CCC. The number of thiophene rings is 1. The molecule has 3 heterocycles. The minimum Gasteiger partial charge on any atom is -0.457 e. The number of hydrogen-bond acceptors (Lipinski definition) is 2. The van der Waals surface area contributed by atoms with Crippen LogP contribution in [0.25, 0.3) is 64.4 Å². The summed E-state index contributed by atoms with van der Waals surface area (Å²) < 4.78 is 11.9. The van der Waals surface area contributed by atoms with Crippen LogP contribution >= 0.6 is 11.3 Å². The monoisotopic (exact) mass is 755 g/mol. The van der Waals surface area contributed by atoms with E-state index in [1.54, 1.807) is 0 Å². The summed E-state index contributed by atoms with van der Waals surface area (Å²) in [6.45, 7) is 8.25. The van der Waals surface area contributed by atoms with E-state index < -0.39 is 5.41 Å². The molecule has 1 aliphatic heterocycles. The maximum absolute atomic E-state index is 6.62. The first kappa shape index (κ1) is 35.3. The van der Waals surface area contributed by atoms with Gasteiger partial charge in [0.05, 0.1) is 16.4 Å². The molecule has 0 amide bonds. The Labute approximate surface area is 339 Å². The highest BCUT2D eigenvalue weighted by Gasteiger charge is 2.51. The lowest BCUT2D eigenvalue weighted by Crippen LogP contribution is -2.32. The van der Waals surface area contributed by atoms with Crippen molar-refractivity contribution in [2.45, 2.75) is 52.4 Å². The van der Waals surface area contributed by atoms with Crippen molar-refractivity contribution in [3.8, 4) is 22.6 Å². The highest BCUT2D eigenvalue weighted by molar-refractivity contribution is 7.25. The second-order valence-corrected chi connectivity index (χ2v) is 16.1. The topological polar surface area (TPSA) is 14.2 Å². The molecule has 0 N–H and O–H groups in total. The fraction of sp³-hybridized carbons (Fsp3) is 0.148. The number of fused-ring (bicyclic) bond motifs is 15. The zero-order valence-corrected chi connectivity index (χ0v) is 33.8. The molecule has 0 fully saturated rings. The van der Waals surface area contributed by atoms with Crippen LogP contribution in [0.5, 0.6) is 11.5 Å². The van der Waals surface area contributed by atoms with E-state index in [4.69, 9.17) is 4.74 Å². The van der Waals surface area contributed by atoms with E-state index in [-0.39, 0.29) is 0 Å². The van der Waals surface area contributed by atoms with E-state index >= 15 is 0 Å². The van der Waals surface area contributed by atoms with Crippen molar-refractivity contribution in [1.29, 1.82) is 0 Å². The minimum atomic E-state index is -0.495. The summed E-state index contributed by atoms with van der Waals surface area (Å²) in [5.41, 5.74) is 13.7. The van der Waals surface area contributed by atoms with Crippen molar-refractivity contribution >= 4 is 64.6 Å². The molecule has 0 bridgehead atoms. The van der Waals surface area contributed by atoms with Crippen LogP contribution in [0.3, 0.4) is 0 Å². The summed E-state index contributed by atoms with van der Waals surface area (Å²) in [7, 11) is 0. The van der Waals surface area contributed by atoms with Crippen molar-refractivity contribution in [1.82, 2.24) is 4.57 Å². The van der Waals surface area contributed by atoms with E-state index in [0.717, 1.165) is 24.3 Å². The molecule has 7 aromatic carbocycles. The first-order valence-corrected chi connectivity index (χ1v) is 21.4. The van der Waals surface area contributed by atoms with Gasteiger partial charge in [0, 0.05) is 47.8 Å². The van der Waals surface area contributed by atoms with Gasteiger partial charge in [-0.15, -0.1) is 11.3 Å². The van der Waals surface area contributed by atoms with Gasteiger partial charge in [0.25, 0.3) is 0 Å². The number of aromatic nitrogens is 1. The van der Waals surface area contributed by atoms with Gasteiger partial charge in [-0.1, -0.05) is 143 Å². The maximum Gasteiger partial charge on any atom is 0.132 e. The molecule has 3 heteroatoms. The summed E-state index contributed by atoms with van der Waals surface area (Å²) in [5, 5.41) is 5.29. The molecule has 0 saturated heterocycles. The molecule has 2 nitrogen and oxygen atoms in total. The van der Waals surface area contributed by atoms with Gasteiger partial charge in [-0.2, -0.15) is 0 Å². The highest BCUT2D eigenvalue weighted by atomic mass is 32.1. The van der Waals surface area contributed by atoms with Crippen LogP contribution in [0.2, 0.25) is 0 Å². The smallest absolute Gasteiger partial charge is 0.132 e. The second kappa shape index (κ2) is 14.1. The quantitative estimate of drug-likeness (QED) is 0.171. The van der Waals surface area contributed by atoms with Crippen LogP contribution in [-0.4, -0.2) is 4.57 Å². The maximum atomic E-state index is 6.62. The largest absolute Gasteiger partial charge is 0.457 e.